The minimum Gasteiger partial charge on any atom is -0.381 e. The molecule has 0 radical (unpaired) electrons. The van der Waals surface area contributed by atoms with Crippen molar-refractivity contribution in [1.82, 2.24) is 5.32 Å². The van der Waals surface area contributed by atoms with Crippen LogP contribution in [0.2, 0.25) is 0 Å². The van der Waals surface area contributed by atoms with Crippen molar-refractivity contribution in [3.63, 3.8) is 0 Å². The largest absolute Gasteiger partial charge is 0.381 e. The first-order valence-electron chi connectivity index (χ1n) is 8.81. The number of carbonyl (C=O) groups excluding carboxylic acids is 1. The first kappa shape index (κ1) is 16.4. The van der Waals surface area contributed by atoms with Gasteiger partial charge >= 0.3 is 0 Å². The lowest BCUT2D eigenvalue weighted by molar-refractivity contribution is -0.126. The zero-order valence-electron chi connectivity index (χ0n) is 13.7. The van der Waals surface area contributed by atoms with Gasteiger partial charge in [-0.2, -0.15) is 0 Å². The molecule has 0 spiro atoms. The first-order valence-corrected chi connectivity index (χ1v) is 8.81. The summed E-state index contributed by atoms with van der Waals surface area (Å²) in [6.07, 6.45) is 7.33. The molecule has 2 aliphatic rings. The summed E-state index contributed by atoms with van der Waals surface area (Å²) in [7, 11) is 0. The van der Waals surface area contributed by atoms with Gasteiger partial charge in [0.25, 0.3) is 0 Å². The molecule has 0 bridgehead atoms. The Hall–Kier alpha value is -1.42. The van der Waals surface area contributed by atoms with Crippen LogP contribution < -0.4 is 5.32 Å². The van der Waals surface area contributed by atoms with E-state index in [-0.39, 0.29) is 23.1 Å². The van der Waals surface area contributed by atoms with Gasteiger partial charge < -0.3 is 10.1 Å². The number of carbonyl (C=O) groups is 1. The third-order valence-electron chi connectivity index (χ3n) is 5.48. The average Bonchev–Trinajstić information content (AvgIpc) is 2.62. The van der Waals surface area contributed by atoms with E-state index in [1.165, 1.54) is 18.6 Å². The Bertz CT molecular complexity index is 517. The summed E-state index contributed by atoms with van der Waals surface area (Å²) in [4.78, 5) is 12.5. The third kappa shape index (κ3) is 3.92. The average molecular weight is 319 g/mol. The Morgan fingerprint density at radius 2 is 1.78 bits per heavy atom. The van der Waals surface area contributed by atoms with Crippen LogP contribution in [0.1, 0.15) is 50.5 Å². The number of hydrogen-bond donors (Lipinski definition) is 1. The highest BCUT2D eigenvalue weighted by molar-refractivity contribution is 5.78. The van der Waals surface area contributed by atoms with E-state index in [4.69, 9.17) is 4.74 Å². The van der Waals surface area contributed by atoms with Crippen LogP contribution in [0.15, 0.2) is 24.3 Å². The zero-order chi connectivity index (χ0) is 16.1. The van der Waals surface area contributed by atoms with Gasteiger partial charge in [-0.25, -0.2) is 4.39 Å². The number of amides is 1. The molecule has 1 aromatic carbocycles. The molecule has 1 aliphatic carbocycles. The lowest BCUT2D eigenvalue weighted by Crippen LogP contribution is -2.46. The van der Waals surface area contributed by atoms with Crippen LogP contribution in [0.5, 0.6) is 0 Å². The molecule has 4 heteroatoms. The van der Waals surface area contributed by atoms with Gasteiger partial charge in [-0.05, 0) is 43.4 Å². The summed E-state index contributed by atoms with van der Waals surface area (Å²) >= 11 is 0. The molecule has 3 nitrogen and oxygen atoms in total. The molecule has 0 unspecified atom stereocenters. The molecule has 2 fully saturated rings. The highest BCUT2D eigenvalue weighted by atomic mass is 19.1. The molecular formula is C19H26FNO2. The number of hydrogen-bond acceptors (Lipinski definition) is 2. The number of benzene rings is 1. The Kier molecular flexibility index (Phi) is 5.31. The fraction of sp³-hybridized carbons (Fsp3) is 0.632. The van der Waals surface area contributed by atoms with Gasteiger partial charge in [-0.3, -0.25) is 4.79 Å². The minimum absolute atomic E-state index is 0.129. The molecule has 0 aromatic heterocycles. The third-order valence-corrected chi connectivity index (χ3v) is 5.48. The highest BCUT2D eigenvalue weighted by Crippen LogP contribution is 2.34. The summed E-state index contributed by atoms with van der Waals surface area (Å²) in [5.74, 6) is 0.147. The minimum atomic E-state index is -0.220. The van der Waals surface area contributed by atoms with Gasteiger partial charge in [0.15, 0.2) is 0 Å². The number of rotatable bonds is 4. The van der Waals surface area contributed by atoms with E-state index in [0.29, 0.717) is 19.8 Å². The van der Waals surface area contributed by atoms with Crippen molar-refractivity contribution in [1.29, 1.82) is 0 Å². The maximum Gasteiger partial charge on any atom is 0.223 e. The molecule has 3 rings (SSSR count). The van der Waals surface area contributed by atoms with E-state index in [2.05, 4.69) is 5.32 Å². The Balaban J connectivity index is 1.69. The lowest BCUT2D eigenvalue weighted by Gasteiger charge is -2.38. The van der Waals surface area contributed by atoms with Crippen LogP contribution in [-0.2, 0) is 14.9 Å². The molecular weight excluding hydrogens is 293 g/mol. The fourth-order valence-corrected chi connectivity index (χ4v) is 3.90. The molecule has 1 saturated carbocycles. The van der Waals surface area contributed by atoms with Crippen LogP contribution in [0.4, 0.5) is 4.39 Å². The van der Waals surface area contributed by atoms with E-state index in [9.17, 15) is 9.18 Å². The van der Waals surface area contributed by atoms with Crippen LogP contribution >= 0.6 is 0 Å². The maximum atomic E-state index is 13.2. The Labute approximate surface area is 137 Å². The van der Waals surface area contributed by atoms with E-state index in [1.54, 1.807) is 0 Å². The normalized spacial score (nSPS) is 21.8. The highest BCUT2D eigenvalue weighted by Gasteiger charge is 2.35. The van der Waals surface area contributed by atoms with E-state index in [0.717, 1.165) is 44.1 Å². The van der Waals surface area contributed by atoms with Gasteiger partial charge in [0, 0.05) is 31.1 Å². The van der Waals surface area contributed by atoms with Crippen LogP contribution in [0, 0.1) is 11.7 Å². The monoisotopic (exact) mass is 319 g/mol. The second-order valence-electron chi connectivity index (χ2n) is 6.95. The molecule has 1 heterocycles. The van der Waals surface area contributed by atoms with Crippen molar-refractivity contribution < 1.29 is 13.9 Å². The maximum absolute atomic E-state index is 13.2. The molecule has 0 atom stereocenters. The SMILES string of the molecule is O=C(NCC1(c2ccc(F)cc2)CCOCC1)C1CCCCC1. The van der Waals surface area contributed by atoms with Crippen molar-refractivity contribution in [2.75, 3.05) is 19.8 Å². The quantitative estimate of drug-likeness (QED) is 0.921. The summed E-state index contributed by atoms with van der Waals surface area (Å²) < 4.78 is 18.7. The van der Waals surface area contributed by atoms with Gasteiger partial charge in [0.1, 0.15) is 5.82 Å². The standard InChI is InChI=1S/C19H26FNO2/c20-17-8-6-16(7-9-17)19(10-12-23-13-11-19)14-21-18(22)15-4-2-1-3-5-15/h6-9,15H,1-5,10-14H2,(H,21,22). The fourth-order valence-electron chi connectivity index (χ4n) is 3.90. The van der Waals surface area contributed by atoms with Gasteiger partial charge in [-0.1, -0.05) is 31.4 Å². The van der Waals surface area contributed by atoms with Gasteiger partial charge in [0.2, 0.25) is 5.91 Å². The van der Waals surface area contributed by atoms with Crippen molar-refractivity contribution in [2.24, 2.45) is 5.92 Å². The topological polar surface area (TPSA) is 38.3 Å². The summed E-state index contributed by atoms with van der Waals surface area (Å²) in [6.45, 7) is 2.00. The van der Waals surface area contributed by atoms with Crippen molar-refractivity contribution in [2.45, 2.75) is 50.4 Å². The molecule has 1 N–H and O–H groups in total. The second kappa shape index (κ2) is 7.43. The summed E-state index contributed by atoms with van der Waals surface area (Å²) in [6, 6.07) is 6.73. The molecule has 1 amide bonds. The first-order chi connectivity index (χ1) is 11.2. The van der Waals surface area contributed by atoms with E-state index < -0.39 is 0 Å². The number of halogens is 1. The molecule has 1 aromatic rings. The van der Waals surface area contributed by atoms with Crippen LogP contribution in [0.25, 0.3) is 0 Å². The smallest absolute Gasteiger partial charge is 0.223 e. The number of ether oxygens (including phenoxy) is 1. The predicted octanol–water partition coefficient (Wildman–Crippen LogP) is 3.57. The zero-order valence-corrected chi connectivity index (χ0v) is 13.7. The predicted molar refractivity (Wildman–Crippen MR) is 87.7 cm³/mol. The molecule has 1 aliphatic heterocycles. The number of nitrogens with one attached hydrogen (secondary N) is 1. The van der Waals surface area contributed by atoms with Crippen LogP contribution in [0.3, 0.4) is 0 Å². The second-order valence-corrected chi connectivity index (χ2v) is 6.95. The van der Waals surface area contributed by atoms with Crippen molar-refractivity contribution in [3.8, 4) is 0 Å². The Morgan fingerprint density at radius 3 is 2.43 bits per heavy atom. The van der Waals surface area contributed by atoms with E-state index >= 15 is 0 Å². The summed E-state index contributed by atoms with van der Waals surface area (Å²) in [5, 5.41) is 3.19. The Morgan fingerprint density at radius 1 is 1.13 bits per heavy atom. The van der Waals surface area contributed by atoms with Gasteiger partial charge in [-0.15, -0.1) is 0 Å². The molecule has 1 saturated heterocycles. The molecule has 23 heavy (non-hydrogen) atoms. The van der Waals surface area contributed by atoms with Crippen molar-refractivity contribution >= 4 is 5.91 Å². The molecule has 126 valence electrons. The van der Waals surface area contributed by atoms with E-state index in [1.807, 2.05) is 12.1 Å². The van der Waals surface area contributed by atoms with Gasteiger partial charge in [0.05, 0.1) is 0 Å². The van der Waals surface area contributed by atoms with Crippen LogP contribution in [-0.4, -0.2) is 25.7 Å². The summed E-state index contributed by atoms with van der Waals surface area (Å²) in [5.41, 5.74) is 0.974. The van der Waals surface area contributed by atoms with Crippen molar-refractivity contribution in [3.05, 3.63) is 35.6 Å². The lowest BCUT2D eigenvalue weighted by atomic mass is 9.74.